The second-order valence-corrected chi connectivity index (χ2v) is 7.28. The fourth-order valence-corrected chi connectivity index (χ4v) is 3.42. The molecular weight excluding hydrogens is 346 g/mol. The second-order valence-electron chi connectivity index (χ2n) is 5.48. The minimum absolute atomic E-state index is 0.109. The van der Waals surface area contributed by atoms with E-state index in [1.165, 1.54) is 16.3 Å². The van der Waals surface area contributed by atoms with Gasteiger partial charge in [-0.2, -0.15) is 5.10 Å². The summed E-state index contributed by atoms with van der Waals surface area (Å²) in [6.07, 6.45) is 0.614. The average Bonchev–Trinajstić information content (AvgIpc) is 2.98. The van der Waals surface area contributed by atoms with Gasteiger partial charge >= 0.3 is 0 Å². The molecule has 0 bridgehead atoms. The van der Waals surface area contributed by atoms with Crippen molar-refractivity contribution >= 4 is 46.2 Å². The third kappa shape index (κ3) is 3.83. The maximum absolute atomic E-state index is 12.3. The summed E-state index contributed by atoms with van der Waals surface area (Å²) >= 11 is 7.30. The molecule has 1 aromatic heterocycles. The molecule has 0 saturated heterocycles. The highest BCUT2D eigenvalue weighted by molar-refractivity contribution is 7.16. The molecule has 2 aromatic rings. The number of nitrogens with one attached hydrogen (secondary N) is 1. The van der Waals surface area contributed by atoms with Crippen LogP contribution in [-0.4, -0.2) is 17.5 Å². The fraction of sp³-hybridized carbons (Fsp3) is 0.235. The van der Waals surface area contributed by atoms with Gasteiger partial charge in [0.25, 0.3) is 5.91 Å². The highest BCUT2D eigenvalue weighted by Crippen LogP contribution is 2.22. The lowest BCUT2D eigenvalue weighted by Gasteiger charge is -2.23. The first-order valence-corrected chi connectivity index (χ1v) is 8.72. The number of rotatable bonds is 4. The zero-order chi connectivity index (χ0) is 17.1. The Morgan fingerprint density at radius 3 is 2.88 bits per heavy atom. The molecule has 24 heavy (non-hydrogen) atoms. The van der Waals surface area contributed by atoms with Crippen molar-refractivity contribution in [2.24, 2.45) is 5.10 Å². The van der Waals surface area contributed by atoms with Crippen molar-refractivity contribution in [1.82, 2.24) is 5.32 Å². The van der Waals surface area contributed by atoms with Crippen LogP contribution in [0.25, 0.3) is 0 Å². The SMILES string of the molecule is Cc1cccc(N2N=C(C(=O)NCc3ccc(Cl)s3)CCC2=O)c1. The molecule has 0 aliphatic carbocycles. The number of aryl methyl sites for hydroxylation is 1. The number of hydrogen-bond donors (Lipinski definition) is 1. The van der Waals surface area contributed by atoms with Gasteiger partial charge in [-0.1, -0.05) is 23.7 Å². The van der Waals surface area contributed by atoms with Crippen molar-refractivity contribution in [2.75, 3.05) is 5.01 Å². The molecule has 3 rings (SSSR count). The monoisotopic (exact) mass is 361 g/mol. The van der Waals surface area contributed by atoms with Gasteiger partial charge in [0.1, 0.15) is 5.71 Å². The molecule has 2 amide bonds. The number of hydrogen-bond acceptors (Lipinski definition) is 4. The number of nitrogens with zero attached hydrogens (tertiary/aromatic N) is 2. The van der Waals surface area contributed by atoms with E-state index in [0.29, 0.717) is 28.7 Å². The number of amides is 2. The summed E-state index contributed by atoms with van der Waals surface area (Å²) in [7, 11) is 0. The van der Waals surface area contributed by atoms with Crippen LogP contribution < -0.4 is 10.3 Å². The van der Waals surface area contributed by atoms with Crippen molar-refractivity contribution in [3.8, 4) is 0 Å². The van der Waals surface area contributed by atoms with E-state index in [-0.39, 0.29) is 18.2 Å². The van der Waals surface area contributed by atoms with Gasteiger partial charge in [0.15, 0.2) is 0 Å². The minimum Gasteiger partial charge on any atom is -0.346 e. The number of carbonyl (C=O) groups is 2. The van der Waals surface area contributed by atoms with E-state index < -0.39 is 0 Å². The third-order valence-electron chi connectivity index (χ3n) is 3.59. The van der Waals surface area contributed by atoms with Crippen LogP contribution in [0.4, 0.5) is 5.69 Å². The van der Waals surface area contributed by atoms with Crippen molar-refractivity contribution in [3.63, 3.8) is 0 Å². The first kappa shape index (κ1) is 16.7. The highest BCUT2D eigenvalue weighted by atomic mass is 35.5. The molecule has 5 nitrogen and oxygen atoms in total. The molecule has 1 aromatic carbocycles. The van der Waals surface area contributed by atoms with Gasteiger partial charge in [-0.3, -0.25) is 9.59 Å². The summed E-state index contributed by atoms with van der Waals surface area (Å²) in [5.74, 6) is -0.369. The maximum atomic E-state index is 12.3. The first-order chi connectivity index (χ1) is 11.5. The highest BCUT2D eigenvalue weighted by Gasteiger charge is 2.25. The minimum atomic E-state index is -0.260. The molecule has 0 atom stereocenters. The normalized spacial score (nSPS) is 14.5. The van der Waals surface area contributed by atoms with Gasteiger partial charge in [0.2, 0.25) is 5.91 Å². The van der Waals surface area contributed by atoms with Gasteiger partial charge in [-0.15, -0.1) is 11.3 Å². The molecule has 0 fully saturated rings. The Labute approximate surface area is 148 Å². The predicted molar refractivity (Wildman–Crippen MR) is 96.5 cm³/mol. The van der Waals surface area contributed by atoms with Crippen LogP contribution in [0.2, 0.25) is 4.34 Å². The molecule has 0 spiro atoms. The van der Waals surface area contributed by atoms with Crippen LogP contribution >= 0.6 is 22.9 Å². The maximum Gasteiger partial charge on any atom is 0.267 e. The van der Waals surface area contributed by atoms with E-state index in [0.717, 1.165) is 10.4 Å². The Kier molecular flexibility index (Phi) is 4.97. The van der Waals surface area contributed by atoms with E-state index in [1.807, 2.05) is 37.3 Å². The Bertz CT molecular complexity index is 816. The van der Waals surface area contributed by atoms with Gasteiger partial charge < -0.3 is 5.32 Å². The number of thiophene rings is 1. The molecule has 0 saturated carbocycles. The van der Waals surface area contributed by atoms with E-state index in [9.17, 15) is 9.59 Å². The molecule has 0 radical (unpaired) electrons. The third-order valence-corrected chi connectivity index (χ3v) is 4.82. The van der Waals surface area contributed by atoms with Gasteiger partial charge in [0.05, 0.1) is 16.6 Å². The Hall–Kier alpha value is -2.18. The van der Waals surface area contributed by atoms with Gasteiger partial charge in [-0.25, -0.2) is 5.01 Å². The smallest absolute Gasteiger partial charge is 0.267 e. The van der Waals surface area contributed by atoms with Crippen molar-refractivity contribution in [2.45, 2.75) is 26.3 Å². The number of halogens is 1. The number of anilines is 1. The molecule has 124 valence electrons. The van der Waals surface area contributed by atoms with Crippen LogP contribution in [0.15, 0.2) is 41.5 Å². The molecular formula is C17H16ClN3O2S. The van der Waals surface area contributed by atoms with Crippen LogP contribution in [0.1, 0.15) is 23.3 Å². The summed E-state index contributed by atoms with van der Waals surface area (Å²) in [6, 6.07) is 11.2. The zero-order valence-electron chi connectivity index (χ0n) is 13.1. The standard InChI is InChI=1S/C17H16ClN3O2S/c1-11-3-2-4-12(9-11)21-16(22)8-6-14(20-21)17(23)19-10-13-5-7-15(18)24-13/h2-5,7,9H,6,8,10H2,1H3,(H,19,23). The molecule has 1 aliphatic rings. The molecule has 7 heteroatoms. The lowest BCUT2D eigenvalue weighted by Crippen LogP contribution is -2.38. The summed E-state index contributed by atoms with van der Waals surface area (Å²) in [4.78, 5) is 25.4. The average molecular weight is 362 g/mol. The summed E-state index contributed by atoms with van der Waals surface area (Å²) in [5, 5.41) is 8.39. The van der Waals surface area contributed by atoms with Gasteiger partial charge in [0, 0.05) is 17.7 Å². The number of carbonyl (C=O) groups excluding carboxylic acids is 2. The van der Waals surface area contributed by atoms with Crippen LogP contribution in [-0.2, 0) is 16.1 Å². The predicted octanol–water partition coefficient (Wildman–Crippen LogP) is 3.51. The van der Waals surface area contributed by atoms with Crippen LogP contribution in [0.3, 0.4) is 0 Å². The van der Waals surface area contributed by atoms with Crippen molar-refractivity contribution in [3.05, 3.63) is 51.2 Å². The topological polar surface area (TPSA) is 61.8 Å². The molecule has 1 aliphatic heterocycles. The summed E-state index contributed by atoms with van der Waals surface area (Å²) < 4.78 is 0.686. The number of benzene rings is 1. The largest absolute Gasteiger partial charge is 0.346 e. The molecule has 2 heterocycles. The Morgan fingerprint density at radius 2 is 2.17 bits per heavy atom. The number of hydrazone groups is 1. The van der Waals surface area contributed by atoms with E-state index in [1.54, 1.807) is 6.07 Å². The van der Waals surface area contributed by atoms with Crippen LogP contribution in [0.5, 0.6) is 0 Å². The summed E-state index contributed by atoms with van der Waals surface area (Å²) in [6.45, 7) is 2.34. The van der Waals surface area contributed by atoms with Gasteiger partial charge in [-0.05, 0) is 36.8 Å². The molecule has 0 unspecified atom stereocenters. The molecule has 1 N–H and O–H groups in total. The lowest BCUT2D eigenvalue weighted by molar-refractivity contribution is -0.118. The van der Waals surface area contributed by atoms with Crippen molar-refractivity contribution in [1.29, 1.82) is 0 Å². The second kappa shape index (κ2) is 7.15. The first-order valence-electron chi connectivity index (χ1n) is 7.52. The quantitative estimate of drug-likeness (QED) is 0.905. The lowest BCUT2D eigenvalue weighted by atomic mass is 10.1. The van der Waals surface area contributed by atoms with Crippen molar-refractivity contribution < 1.29 is 9.59 Å². The Morgan fingerprint density at radius 1 is 1.33 bits per heavy atom. The summed E-state index contributed by atoms with van der Waals surface area (Å²) in [5.41, 5.74) is 2.07. The van der Waals surface area contributed by atoms with E-state index in [2.05, 4.69) is 10.4 Å². The zero-order valence-corrected chi connectivity index (χ0v) is 14.7. The van der Waals surface area contributed by atoms with E-state index in [4.69, 9.17) is 11.6 Å². The fourth-order valence-electron chi connectivity index (χ4n) is 2.39. The van der Waals surface area contributed by atoms with E-state index >= 15 is 0 Å². The van der Waals surface area contributed by atoms with Crippen LogP contribution in [0, 0.1) is 6.92 Å². The Balaban J connectivity index is 1.73.